The number of carbonyl (C=O) groups is 1. The number of hydrogen-bond acceptors (Lipinski definition) is 4. The number of carbonyl (C=O) groups excluding carboxylic acids is 1. The number of halogens is 3. The van der Waals surface area contributed by atoms with Crippen molar-refractivity contribution in [3.63, 3.8) is 0 Å². The van der Waals surface area contributed by atoms with E-state index in [0.29, 0.717) is 16.3 Å². The highest BCUT2D eigenvalue weighted by molar-refractivity contribution is 6.04. The number of rotatable bonds is 3. The molecular formula is C18H12F3N5O. The summed E-state index contributed by atoms with van der Waals surface area (Å²) in [6.07, 6.45) is -3.18. The Hall–Kier alpha value is -3.64. The highest BCUT2D eigenvalue weighted by Gasteiger charge is 2.31. The summed E-state index contributed by atoms with van der Waals surface area (Å²) in [5.74, 6) is 5.03. The van der Waals surface area contributed by atoms with Crippen molar-refractivity contribution >= 4 is 11.6 Å². The van der Waals surface area contributed by atoms with Crippen LogP contribution in [0.5, 0.6) is 0 Å². The largest absolute Gasteiger partial charge is 0.416 e. The Morgan fingerprint density at radius 1 is 1.15 bits per heavy atom. The molecule has 1 heterocycles. The van der Waals surface area contributed by atoms with Crippen molar-refractivity contribution in [2.75, 3.05) is 5.01 Å². The van der Waals surface area contributed by atoms with Crippen LogP contribution >= 0.6 is 0 Å². The zero-order valence-corrected chi connectivity index (χ0v) is 13.7. The van der Waals surface area contributed by atoms with E-state index in [1.54, 1.807) is 24.3 Å². The molecule has 0 aliphatic heterocycles. The molecule has 0 radical (unpaired) electrons. The maximum atomic E-state index is 12.9. The number of nitrogens with zero attached hydrogens (tertiary/aromatic N) is 4. The van der Waals surface area contributed by atoms with E-state index in [1.165, 1.54) is 29.1 Å². The molecule has 2 aromatic carbocycles. The molecule has 1 aromatic heterocycles. The Bertz CT molecular complexity index is 1020. The molecule has 2 N–H and O–H groups in total. The van der Waals surface area contributed by atoms with E-state index in [4.69, 9.17) is 11.1 Å². The lowest BCUT2D eigenvalue weighted by Gasteiger charge is -2.18. The van der Waals surface area contributed by atoms with E-state index in [9.17, 15) is 18.0 Å². The number of anilines is 1. The first-order valence-corrected chi connectivity index (χ1v) is 7.62. The van der Waals surface area contributed by atoms with Gasteiger partial charge in [-0.3, -0.25) is 4.79 Å². The quantitative estimate of drug-likeness (QED) is 0.435. The Labute approximate surface area is 151 Å². The molecule has 0 bridgehead atoms. The van der Waals surface area contributed by atoms with Crippen molar-refractivity contribution in [3.05, 3.63) is 77.6 Å². The maximum Gasteiger partial charge on any atom is 0.416 e. The molecule has 27 heavy (non-hydrogen) atoms. The highest BCUT2D eigenvalue weighted by atomic mass is 19.4. The standard InChI is InChI=1S/C18H12F3N5O/c19-18(20,21)13-2-1-3-15(10-13)25(23)17(27)16-8-9-24-26(16)14-6-4-12(11-22)5-7-14/h1-10H,23H2. The third-order valence-corrected chi connectivity index (χ3v) is 3.77. The first kappa shape index (κ1) is 18.2. The van der Waals surface area contributed by atoms with Crippen LogP contribution in [0.15, 0.2) is 60.8 Å². The number of nitriles is 1. The first-order valence-electron chi connectivity index (χ1n) is 7.62. The van der Waals surface area contributed by atoms with Gasteiger partial charge in [-0.05, 0) is 48.5 Å². The lowest BCUT2D eigenvalue weighted by Crippen LogP contribution is -2.38. The second kappa shape index (κ2) is 6.93. The van der Waals surface area contributed by atoms with Crippen molar-refractivity contribution in [2.45, 2.75) is 6.18 Å². The summed E-state index contributed by atoms with van der Waals surface area (Å²) in [4.78, 5) is 12.7. The third kappa shape index (κ3) is 3.65. The van der Waals surface area contributed by atoms with Gasteiger partial charge in [0.05, 0.1) is 34.8 Å². The van der Waals surface area contributed by atoms with E-state index in [-0.39, 0.29) is 11.4 Å². The minimum Gasteiger partial charge on any atom is -0.265 e. The fourth-order valence-electron chi connectivity index (χ4n) is 2.42. The second-order valence-electron chi connectivity index (χ2n) is 5.51. The Morgan fingerprint density at radius 2 is 1.85 bits per heavy atom. The average Bonchev–Trinajstić information content (AvgIpc) is 3.16. The summed E-state index contributed by atoms with van der Waals surface area (Å²) in [6, 6.07) is 13.8. The van der Waals surface area contributed by atoms with E-state index in [1.807, 2.05) is 6.07 Å². The first-order chi connectivity index (χ1) is 12.8. The molecule has 6 nitrogen and oxygen atoms in total. The lowest BCUT2D eigenvalue weighted by atomic mass is 10.2. The highest BCUT2D eigenvalue weighted by Crippen LogP contribution is 2.31. The van der Waals surface area contributed by atoms with Crippen LogP contribution in [0.25, 0.3) is 5.69 Å². The number of benzene rings is 2. The Balaban J connectivity index is 1.93. The van der Waals surface area contributed by atoms with Crippen LogP contribution < -0.4 is 10.9 Å². The molecule has 1 amide bonds. The number of hydrogen-bond donors (Lipinski definition) is 1. The molecule has 9 heteroatoms. The maximum absolute atomic E-state index is 12.9. The van der Waals surface area contributed by atoms with E-state index >= 15 is 0 Å². The van der Waals surface area contributed by atoms with Gasteiger partial charge in [0.15, 0.2) is 0 Å². The predicted octanol–water partition coefficient (Wildman–Crippen LogP) is 3.28. The molecule has 0 spiro atoms. The van der Waals surface area contributed by atoms with Gasteiger partial charge in [-0.15, -0.1) is 0 Å². The minimum absolute atomic E-state index is 0.0552. The molecule has 0 saturated heterocycles. The summed E-state index contributed by atoms with van der Waals surface area (Å²) >= 11 is 0. The van der Waals surface area contributed by atoms with Gasteiger partial charge >= 0.3 is 6.18 Å². The van der Waals surface area contributed by atoms with Gasteiger partial charge in [-0.2, -0.15) is 23.5 Å². The zero-order chi connectivity index (χ0) is 19.6. The predicted molar refractivity (Wildman–Crippen MR) is 90.7 cm³/mol. The fourth-order valence-corrected chi connectivity index (χ4v) is 2.42. The molecule has 0 unspecified atom stereocenters. The number of nitrogens with two attached hydrogens (primary N) is 1. The number of aromatic nitrogens is 2. The molecule has 0 fully saturated rings. The number of alkyl halides is 3. The summed E-state index contributed by atoms with van der Waals surface area (Å²) in [5.41, 5.74) is -0.0335. The van der Waals surface area contributed by atoms with Gasteiger partial charge in [-0.25, -0.2) is 15.5 Å². The van der Waals surface area contributed by atoms with Gasteiger partial charge in [-0.1, -0.05) is 6.07 Å². The van der Waals surface area contributed by atoms with E-state index in [0.717, 1.165) is 12.1 Å². The normalized spacial score (nSPS) is 11.1. The molecule has 0 atom stereocenters. The Kier molecular flexibility index (Phi) is 4.66. The summed E-state index contributed by atoms with van der Waals surface area (Å²) in [6.45, 7) is 0. The topological polar surface area (TPSA) is 87.9 Å². The molecule has 136 valence electrons. The van der Waals surface area contributed by atoms with Gasteiger partial charge in [0.2, 0.25) is 0 Å². The molecule has 0 saturated carbocycles. The third-order valence-electron chi connectivity index (χ3n) is 3.77. The van der Waals surface area contributed by atoms with Crippen molar-refractivity contribution < 1.29 is 18.0 Å². The number of amides is 1. The van der Waals surface area contributed by atoms with Crippen LogP contribution in [0.2, 0.25) is 0 Å². The molecular weight excluding hydrogens is 359 g/mol. The van der Waals surface area contributed by atoms with Gasteiger partial charge in [0.25, 0.3) is 5.91 Å². The van der Waals surface area contributed by atoms with Crippen LogP contribution in [-0.2, 0) is 6.18 Å². The van der Waals surface area contributed by atoms with Crippen LogP contribution in [-0.4, -0.2) is 15.7 Å². The fraction of sp³-hybridized carbons (Fsp3) is 0.0556. The smallest absolute Gasteiger partial charge is 0.265 e. The van der Waals surface area contributed by atoms with Crippen molar-refractivity contribution in [1.29, 1.82) is 5.26 Å². The zero-order valence-electron chi connectivity index (χ0n) is 13.7. The minimum atomic E-state index is -4.55. The van der Waals surface area contributed by atoms with Crippen molar-refractivity contribution in [3.8, 4) is 11.8 Å². The molecule has 3 rings (SSSR count). The Morgan fingerprint density at radius 3 is 2.48 bits per heavy atom. The number of hydrazine groups is 1. The van der Waals surface area contributed by atoms with Crippen LogP contribution in [0, 0.1) is 11.3 Å². The van der Waals surface area contributed by atoms with E-state index < -0.39 is 17.6 Å². The molecule has 0 aliphatic rings. The van der Waals surface area contributed by atoms with Gasteiger partial charge < -0.3 is 0 Å². The van der Waals surface area contributed by atoms with Gasteiger partial charge in [0, 0.05) is 0 Å². The lowest BCUT2D eigenvalue weighted by molar-refractivity contribution is -0.137. The van der Waals surface area contributed by atoms with Crippen LogP contribution in [0.1, 0.15) is 21.6 Å². The monoisotopic (exact) mass is 371 g/mol. The molecule has 3 aromatic rings. The van der Waals surface area contributed by atoms with Crippen molar-refractivity contribution in [2.24, 2.45) is 5.84 Å². The SMILES string of the molecule is N#Cc1ccc(-n2nccc2C(=O)N(N)c2cccc(C(F)(F)F)c2)cc1. The summed E-state index contributed by atoms with van der Waals surface area (Å²) < 4.78 is 39.9. The van der Waals surface area contributed by atoms with Crippen molar-refractivity contribution in [1.82, 2.24) is 9.78 Å². The van der Waals surface area contributed by atoms with Crippen LogP contribution in [0.4, 0.5) is 18.9 Å². The summed E-state index contributed by atoms with van der Waals surface area (Å²) in [7, 11) is 0. The summed E-state index contributed by atoms with van der Waals surface area (Å²) in [5, 5.41) is 13.5. The molecule has 0 aliphatic carbocycles. The van der Waals surface area contributed by atoms with Gasteiger partial charge in [0.1, 0.15) is 5.69 Å². The average molecular weight is 371 g/mol. The second-order valence-corrected chi connectivity index (χ2v) is 5.51. The van der Waals surface area contributed by atoms with E-state index in [2.05, 4.69) is 5.10 Å². The van der Waals surface area contributed by atoms with Crippen LogP contribution in [0.3, 0.4) is 0 Å².